The van der Waals surface area contributed by atoms with Crippen molar-refractivity contribution < 1.29 is 4.79 Å². The maximum Gasteiger partial charge on any atom is 0.267 e. The van der Waals surface area contributed by atoms with E-state index in [2.05, 4.69) is 10.3 Å². The second kappa shape index (κ2) is 4.78. The van der Waals surface area contributed by atoms with Gasteiger partial charge in [0.05, 0.1) is 10.7 Å². The van der Waals surface area contributed by atoms with Gasteiger partial charge in [0, 0.05) is 11.4 Å². The Balaban J connectivity index is 2.27. The van der Waals surface area contributed by atoms with Crippen LogP contribution in [-0.4, -0.2) is 10.9 Å². The SMILES string of the molecule is Cc1nc(C)c(C(=O)Nc2cccc(N)c2C)s1. The monoisotopic (exact) mass is 261 g/mol. The van der Waals surface area contributed by atoms with E-state index in [1.807, 2.05) is 39.0 Å². The number of nitrogen functional groups attached to an aromatic ring is 1. The molecule has 0 aliphatic carbocycles. The van der Waals surface area contributed by atoms with E-state index in [9.17, 15) is 4.79 Å². The number of nitrogens with two attached hydrogens (primary N) is 1. The molecule has 0 bridgehead atoms. The summed E-state index contributed by atoms with van der Waals surface area (Å²) in [6.45, 7) is 5.61. The number of anilines is 2. The molecule has 0 spiro atoms. The summed E-state index contributed by atoms with van der Waals surface area (Å²) in [5, 5.41) is 3.76. The fourth-order valence-corrected chi connectivity index (χ4v) is 2.53. The highest BCUT2D eigenvalue weighted by Gasteiger charge is 2.14. The Morgan fingerprint density at radius 1 is 1.33 bits per heavy atom. The number of carbonyl (C=O) groups is 1. The summed E-state index contributed by atoms with van der Waals surface area (Å²) in [4.78, 5) is 17.0. The lowest BCUT2D eigenvalue weighted by atomic mass is 10.1. The standard InChI is InChI=1S/C13H15N3OS/c1-7-10(14)5-4-6-11(7)16-13(17)12-8(2)15-9(3)18-12/h4-6H,14H2,1-3H3,(H,16,17). The summed E-state index contributed by atoms with van der Waals surface area (Å²) in [6.07, 6.45) is 0. The molecule has 1 amide bonds. The van der Waals surface area contributed by atoms with Crippen LogP contribution in [0.5, 0.6) is 0 Å². The molecule has 2 aromatic rings. The average Bonchev–Trinajstić information content (AvgIpc) is 2.64. The average molecular weight is 261 g/mol. The molecule has 5 heteroatoms. The van der Waals surface area contributed by atoms with Crippen molar-refractivity contribution in [3.05, 3.63) is 39.3 Å². The topological polar surface area (TPSA) is 68.0 Å². The van der Waals surface area contributed by atoms with Crippen molar-refractivity contribution in [2.45, 2.75) is 20.8 Å². The third-order valence-corrected chi connectivity index (χ3v) is 3.81. The van der Waals surface area contributed by atoms with E-state index in [-0.39, 0.29) is 5.91 Å². The summed E-state index contributed by atoms with van der Waals surface area (Å²) < 4.78 is 0. The number of nitrogens with zero attached hydrogens (tertiary/aromatic N) is 1. The van der Waals surface area contributed by atoms with E-state index < -0.39 is 0 Å². The van der Waals surface area contributed by atoms with Crippen LogP contribution in [-0.2, 0) is 0 Å². The van der Waals surface area contributed by atoms with Crippen LogP contribution in [0, 0.1) is 20.8 Å². The number of aryl methyl sites for hydroxylation is 2. The van der Waals surface area contributed by atoms with Gasteiger partial charge < -0.3 is 11.1 Å². The van der Waals surface area contributed by atoms with Gasteiger partial charge in [-0.15, -0.1) is 11.3 Å². The van der Waals surface area contributed by atoms with Crippen LogP contribution in [0.25, 0.3) is 0 Å². The predicted octanol–water partition coefficient (Wildman–Crippen LogP) is 2.90. The highest BCUT2D eigenvalue weighted by molar-refractivity contribution is 7.13. The number of hydrogen-bond acceptors (Lipinski definition) is 4. The molecule has 4 nitrogen and oxygen atoms in total. The van der Waals surface area contributed by atoms with Crippen molar-refractivity contribution in [1.29, 1.82) is 0 Å². The second-order valence-corrected chi connectivity index (χ2v) is 5.32. The molecule has 18 heavy (non-hydrogen) atoms. The quantitative estimate of drug-likeness (QED) is 0.817. The number of nitrogens with one attached hydrogen (secondary N) is 1. The van der Waals surface area contributed by atoms with Crippen LogP contribution in [0.15, 0.2) is 18.2 Å². The zero-order valence-corrected chi connectivity index (χ0v) is 11.4. The van der Waals surface area contributed by atoms with Crippen molar-refractivity contribution in [2.75, 3.05) is 11.1 Å². The highest BCUT2D eigenvalue weighted by atomic mass is 32.1. The van der Waals surface area contributed by atoms with Gasteiger partial charge in [0.2, 0.25) is 0 Å². The minimum Gasteiger partial charge on any atom is -0.398 e. The molecule has 0 atom stereocenters. The van der Waals surface area contributed by atoms with Crippen LogP contribution in [0.3, 0.4) is 0 Å². The van der Waals surface area contributed by atoms with Gasteiger partial charge in [-0.05, 0) is 38.5 Å². The number of rotatable bonds is 2. The first-order valence-electron chi connectivity index (χ1n) is 5.59. The molecule has 0 fully saturated rings. The number of carbonyl (C=O) groups excluding carboxylic acids is 1. The molecule has 0 radical (unpaired) electrons. The van der Waals surface area contributed by atoms with Gasteiger partial charge in [0.15, 0.2) is 0 Å². The molecule has 0 aliphatic rings. The normalized spacial score (nSPS) is 10.4. The summed E-state index contributed by atoms with van der Waals surface area (Å²) >= 11 is 1.40. The summed E-state index contributed by atoms with van der Waals surface area (Å²) in [5.41, 5.74) is 8.86. The molecule has 1 aromatic heterocycles. The smallest absolute Gasteiger partial charge is 0.267 e. The Bertz CT molecular complexity index is 604. The van der Waals surface area contributed by atoms with Crippen molar-refractivity contribution in [3.8, 4) is 0 Å². The Hall–Kier alpha value is -1.88. The Morgan fingerprint density at radius 3 is 2.67 bits per heavy atom. The third-order valence-electron chi connectivity index (χ3n) is 2.73. The van der Waals surface area contributed by atoms with E-state index in [4.69, 9.17) is 5.73 Å². The van der Waals surface area contributed by atoms with Crippen molar-refractivity contribution in [2.24, 2.45) is 0 Å². The number of hydrogen-bond donors (Lipinski definition) is 2. The fraction of sp³-hybridized carbons (Fsp3) is 0.231. The van der Waals surface area contributed by atoms with Crippen LogP contribution >= 0.6 is 11.3 Å². The number of aromatic nitrogens is 1. The first-order valence-corrected chi connectivity index (χ1v) is 6.41. The highest BCUT2D eigenvalue weighted by Crippen LogP contribution is 2.23. The zero-order chi connectivity index (χ0) is 13.3. The minimum absolute atomic E-state index is 0.133. The summed E-state index contributed by atoms with van der Waals surface area (Å²) in [6, 6.07) is 5.47. The largest absolute Gasteiger partial charge is 0.398 e. The van der Waals surface area contributed by atoms with Gasteiger partial charge in [-0.1, -0.05) is 6.07 Å². The molecule has 0 saturated heterocycles. The zero-order valence-electron chi connectivity index (χ0n) is 10.6. The van der Waals surface area contributed by atoms with E-state index >= 15 is 0 Å². The fourth-order valence-electron chi connectivity index (χ4n) is 1.71. The van der Waals surface area contributed by atoms with Crippen LogP contribution in [0.4, 0.5) is 11.4 Å². The summed E-state index contributed by atoms with van der Waals surface area (Å²) in [7, 11) is 0. The maximum atomic E-state index is 12.1. The van der Waals surface area contributed by atoms with Crippen molar-refractivity contribution in [1.82, 2.24) is 4.98 Å². The van der Waals surface area contributed by atoms with Gasteiger partial charge >= 0.3 is 0 Å². The van der Waals surface area contributed by atoms with E-state index in [1.54, 1.807) is 0 Å². The van der Waals surface area contributed by atoms with E-state index in [0.29, 0.717) is 10.6 Å². The third kappa shape index (κ3) is 2.36. The van der Waals surface area contributed by atoms with Gasteiger partial charge in [-0.2, -0.15) is 0 Å². The first kappa shape index (κ1) is 12.6. The minimum atomic E-state index is -0.133. The van der Waals surface area contributed by atoms with Crippen molar-refractivity contribution in [3.63, 3.8) is 0 Å². The molecule has 94 valence electrons. The molecule has 0 unspecified atom stereocenters. The number of thiazole rings is 1. The molecule has 1 aromatic carbocycles. The Kier molecular flexibility index (Phi) is 3.34. The molecule has 2 rings (SSSR count). The predicted molar refractivity (Wildman–Crippen MR) is 75.1 cm³/mol. The van der Waals surface area contributed by atoms with Gasteiger partial charge in [0.25, 0.3) is 5.91 Å². The Labute approximate surface area is 110 Å². The Morgan fingerprint density at radius 2 is 2.06 bits per heavy atom. The second-order valence-electron chi connectivity index (χ2n) is 4.12. The van der Waals surface area contributed by atoms with E-state index in [1.165, 1.54) is 11.3 Å². The van der Waals surface area contributed by atoms with Crippen LogP contribution in [0.2, 0.25) is 0 Å². The number of benzene rings is 1. The lowest BCUT2D eigenvalue weighted by Gasteiger charge is -2.09. The van der Waals surface area contributed by atoms with Gasteiger partial charge in [-0.3, -0.25) is 4.79 Å². The summed E-state index contributed by atoms with van der Waals surface area (Å²) in [5.74, 6) is -0.133. The van der Waals surface area contributed by atoms with Gasteiger partial charge in [0.1, 0.15) is 4.88 Å². The van der Waals surface area contributed by atoms with Gasteiger partial charge in [-0.25, -0.2) is 4.98 Å². The molecule has 0 saturated carbocycles. The molecule has 0 aliphatic heterocycles. The van der Waals surface area contributed by atoms with Crippen molar-refractivity contribution >= 4 is 28.6 Å². The molecule has 1 heterocycles. The molecule has 3 N–H and O–H groups in total. The lowest BCUT2D eigenvalue weighted by Crippen LogP contribution is -2.13. The lowest BCUT2D eigenvalue weighted by molar-refractivity contribution is 0.102. The van der Waals surface area contributed by atoms with E-state index in [0.717, 1.165) is 22.0 Å². The molecular formula is C13H15N3OS. The molecular weight excluding hydrogens is 246 g/mol. The maximum absolute atomic E-state index is 12.1. The first-order chi connectivity index (χ1) is 8.49. The van der Waals surface area contributed by atoms with Crippen LogP contribution < -0.4 is 11.1 Å². The number of amides is 1. The van der Waals surface area contributed by atoms with Crippen LogP contribution in [0.1, 0.15) is 25.9 Å².